The van der Waals surface area contributed by atoms with Gasteiger partial charge in [0.15, 0.2) is 5.82 Å². The summed E-state index contributed by atoms with van der Waals surface area (Å²) < 4.78 is 1.31. The first kappa shape index (κ1) is 14.3. The molecular weight excluding hydrogens is 278 g/mol. The predicted octanol–water partition coefficient (Wildman–Crippen LogP) is 2.29. The van der Waals surface area contributed by atoms with Crippen LogP contribution in [0.2, 0.25) is 0 Å². The molecule has 0 aliphatic rings. The number of rotatable bonds is 5. The van der Waals surface area contributed by atoms with Gasteiger partial charge in [0.1, 0.15) is 0 Å². The zero-order valence-electron chi connectivity index (χ0n) is 12.8. The molecule has 1 aromatic carbocycles. The van der Waals surface area contributed by atoms with E-state index in [1.165, 1.54) is 10.1 Å². The van der Waals surface area contributed by atoms with Crippen molar-refractivity contribution >= 4 is 11.5 Å². The highest BCUT2D eigenvalue weighted by molar-refractivity contribution is 5.45. The van der Waals surface area contributed by atoms with Crippen molar-refractivity contribution in [2.24, 2.45) is 0 Å². The van der Waals surface area contributed by atoms with Crippen LogP contribution in [0, 0.1) is 6.92 Å². The molecule has 0 atom stereocenters. The zero-order valence-corrected chi connectivity index (χ0v) is 12.8. The molecular formula is C16H19N5O. The number of fused-ring (bicyclic) bond motifs is 1. The van der Waals surface area contributed by atoms with Gasteiger partial charge < -0.3 is 10.3 Å². The summed E-state index contributed by atoms with van der Waals surface area (Å²) in [5.41, 5.74) is 2.95. The molecule has 0 spiro atoms. The number of hydrogen-bond acceptors (Lipinski definition) is 4. The SMILES string of the molecule is CCCc1cc(=O)n2nc(CNc3cccc(C)c3)nc2[nH]1. The van der Waals surface area contributed by atoms with Gasteiger partial charge in [-0.05, 0) is 31.0 Å². The Morgan fingerprint density at radius 2 is 2.18 bits per heavy atom. The van der Waals surface area contributed by atoms with Crippen molar-refractivity contribution in [2.45, 2.75) is 33.2 Å². The Bertz CT molecular complexity index is 849. The Morgan fingerprint density at radius 3 is 2.95 bits per heavy atom. The molecule has 0 unspecified atom stereocenters. The number of hydrogen-bond donors (Lipinski definition) is 2. The van der Waals surface area contributed by atoms with E-state index in [-0.39, 0.29) is 5.56 Å². The topological polar surface area (TPSA) is 75.1 Å². The van der Waals surface area contributed by atoms with Crippen LogP contribution < -0.4 is 10.9 Å². The summed E-state index contributed by atoms with van der Waals surface area (Å²) >= 11 is 0. The maximum atomic E-state index is 12.0. The van der Waals surface area contributed by atoms with E-state index in [9.17, 15) is 4.79 Å². The third-order valence-electron chi connectivity index (χ3n) is 3.42. The van der Waals surface area contributed by atoms with E-state index < -0.39 is 0 Å². The minimum atomic E-state index is -0.147. The quantitative estimate of drug-likeness (QED) is 0.757. The molecule has 6 nitrogen and oxygen atoms in total. The normalized spacial score (nSPS) is 11.0. The number of aromatic nitrogens is 4. The minimum Gasteiger partial charge on any atom is -0.378 e. The van der Waals surface area contributed by atoms with Crippen LogP contribution in [0.5, 0.6) is 0 Å². The predicted molar refractivity (Wildman–Crippen MR) is 86.1 cm³/mol. The average molecular weight is 297 g/mol. The van der Waals surface area contributed by atoms with Crippen LogP contribution in [0.4, 0.5) is 5.69 Å². The Labute approximate surface area is 128 Å². The summed E-state index contributed by atoms with van der Waals surface area (Å²) in [6, 6.07) is 9.67. The molecule has 0 aliphatic heterocycles. The molecule has 6 heteroatoms. The van der Waals surface area contributed by atoms with Crippen molar-refractivity contribution in [3.8, 4) is 0 Å². The van der Waals surface area contributed by atoms with Crippen molar-refractivity contribution in [2.75, 3.05) is 5.32 Å². The highest BCUT2D eigenvalue weighted by atomic mass is 16.1. The Morgan fingerprint density at radius 1 is 1.32 bits per heavy atom. The van der Waals surface area contributed by atoms with Gasteiger partial charge >= 0.3 is 0 Å². The number of H-pyrrole nitrogens is 1. The lowest BCUT2D eigenvalue weighted by atomic mass is 10.2. The summed E-state index contributed by atoms with van der Waals surface area (Å²) in [7, 11) is 0. The van der Waals surface area contributed by atoms with Crippen LogP contribution in [-0.4, -0.2) is 19.6 Å². The van der Waals surface area contributed by atoms with Crippen molar-refractivity contribution in [1.82, 2.24) is 19.6 Å². The van der Waals surface area contributed by atoms with E-state index in [0.29, 0.717) is 18.1 Å². The fraction of sp³-hybridized carbons (Fsp3) is 0.312. The van der Waals surface area contributed by atoms with Crippen LogP contribution in [0.25, 0.3) is 5.78 Å². The molecule has 2 N–H and O–H groups in total. The Hall–Kier alpha value is -2.63. The lowest BCUT2D eigenvalue weighted by Gasteiger charge is -2.03. The van der Waals surface area contributed by atoms with Gasteiger partial charge in [0.2, 0.25) is 5.78 Å². The highest BCUT2D eigenvalue weighted by Crippen LogP contribution is 2.10. The molecule has 0 saturated heterocycles. The van der Waals surface area contributed by atoms with Gasteiger partial charge in [-0.1, -0.05) is 25.5 Å². The molecule has 114 valence electrons. The lowest BCUT2D eigenvalue weighted by molar-refractivity contribution is 0.825. The molecule has 3 aromatic rings. The summed E-state index contributed by atoms with van der Waals surface area (Å²) in [6.45, 7) is 4.59. The van der Waals surface area contributed by atoms with Gasteiger partial charge in [-0.2, -0.15) is 9.50 Å². The van der Waals surface area contributed by atoms with Crippen LogP contribution in [0.15, 0.2) is 35.1 Å². The van der Waals surface area contributed by atoms with Gasteiger partial charge in [0.05, 0.1) is 6.54 Å². The van der Waals surface area contributed by atoms with Crippen molar-refractivity contribution in [1.29, 1.82) is 0 Å². The van der Waals surface area contributed by atoms with Crippen molar-refractivity contribution < 1.29 is 0 Å². The fourth-order valence-electron chi connectivity index (χ4n) is 2.39. The molecule has 22 heavy (non-hydrogen) atoms. The first-order valence-electron chi connectivity index (χ1n) is 7.44. The van der Waals surface area contributed by atoms with Crippen LogP contribution in [-0.2, 0) is 13.0 Å². The highest BCUT2D eigenvalue weighted by Gasteiger charge is 2.08. The largest absolute Gasteiger partial charge is 0.378 e. The van der Waals surface area contributed by atoms with Gasteiger partial charge in [0.25, 0.3) is 5.56 Å². The maximum absolute atomic E-state index is 12.0. The molecule has 3 rings (SSSR count). The molecule has 0 radical (unpaired) electrons. The standard InChI is InChI=1S/C16H19N5O/c1-3-5-13-9-15(22)21-16(18-13)19-14(20-21)10-17-12-7-4-6-11(2)8-12/h4,6-9,17H,3,5,10H2,1-2H3,(H,18,19,20). The minimum absolute atomic E-state index is 0.147. The second-order valence-corrected chi connectivity index (χ2v) is 5.37. The van der Waals surface area contributed by atoms with Gasteiger partial charge in [0, 0.05) is 17.4 Å². The Balaban J connectivity index is 1.83. The second kappa shape index (κ2) is 6.01. The number of anilines is 1. The summed E-state index contributed by atoms with van der Waals surface area (Å²) in [5, 5.41) is 7.52. The van der Waals surface area contributed by atoms with Crippen molar-refractivity contribution in [3.63, 3.8) is 0 Å². The smallest absolute Gasteiger partial charge is 0.275 e. The Kier molecular flexibility index (Phi) is 3.91. The molecule has 0 saturated carbocycles. The number of nitrogens with one attached hydrogen (secondary N) is 2. The number of nitrogens with zero attached hydrogens (tertiary/aromatic N) is 3. The van der Waals surface area contributed by atoms with Crippen LogP contribution in [0.3, 0.4) is 0 Å². The van der Waals surface area contributed by atoms with Gasteiger partial charge in [-0.15, -0.1) is 5.10 Å². The van der Waals surface area contributed by atoms with E-state index in [1.54, 1.807) is 6.07 Å². The van der Waals surface area contributed by atoms with Crippen LogP contribution >= 0.6 is 0 Å². The third-order valence-corrected chi connectivity index (χ3v) is 3.42. The third kappa shape index (κ3) is 3.00. The van der Waals surface area contributed by atoms with E-state index in [0.717, 1.165) is 24.2 Å². The summed E-state index contributed by atoms with van der Waals surface area (Å²) in [4.78, 5) is 19.6. The average Bonchev–Trinajstić information content (AvgIpc) is 2.89. The van der Waals surface area contributed by atoms with E-state index >= 15 is 0 Å². The van der Waals surface area contributed by atoms with E-state index in [2.05, 4.69) is 33.4 Å². The second-order valence-electron chi connectivity index (χ2n) is 5.37. The summed E-state index contributed by atoms with van der Waals surface area (Å²) in [6.07, 6.45) is 1.80. The molecule has 0 amide bonds. The van der Waals surface area contributed by atoms with E-state index in [4.69, 9.17) is 0 Å². The van der Waals surface area contributed by atoms with Crippen molar-refractivity contribution in [3.05, 3.63) is 57.8 Å². The first-order chi connectivity index (χ1) is 10.7. The first-order valence-corrected chi connectivity index (χ1v) is 7.44. The fourth-order valence-corrected chi connectivity index (χ4v) is 2.39. The molecule has 2 heterocycles. The zero-order chi connectivity index (χ0) is 15.5. The van der Waals surface area contributed by atoms with E-state index in [1.807, 2.05) is 25.1 Å². The number of benzene rings is 1. The lowest BCUT2D eigenvalue weighted by Crippen LogP contribution is -2.15. The van der Waals surface area contributed by atoms with Crippen LogP contribution in [0.1, 0.15) is 30.4 Å². The molecule has 0 bridgehead atoms. The molecule has 2 aromatic heterocycles. The van der Waals surface area contributed by atoms with Gasteiger partial charge in [-0.25, -0.2) is 0 Å². The number of aryl methyl sites for hydroxylation is 2. The number of aromatic amines is 1. The van der Waals surface area contributed by atoms with Gasteiger partial charge in [-0.3, -0.25) is 4.79 Å². The summed E-state index contributed by atoms with van der Waals surface area (Å²) in [5.74, 6) is 1.08. The monoisotopic (exact) mass is 297 g/mol. The maximum Gasteiger partial charge on any atom is 0.275 e. The molecule has 0 aliphatic carbocycles. The molecule has 0 fully saturated rings.